The Balaban J connectivity index is 1.61. The summed E-state index contributed by atoms with van der Waals surface area (Å²) in [4.78, 5) is 18.6. The molecule has 1 fully saturated rings. The van der Waals surface area contributed by atoms with Gasteiger partial charge in [-0.1, -0.05) is 29.4 Å². The molecule has 0 saturated heterocycles. The second-order valence-corrected chi connectivity index (χ2v) is 9.44. The highest BCUT2D eigenvalue weighted by atomic mass is 35.5. The Morgan fingerprint density at radius 1 is 1.14 bits per heavy atom. The maximum absolute atomic E-state index is 14.2. The van der Waals surface area contributed by atoms with Crippen molar-refractivity contribution in [3.05, 3.63) is 92.4 Å². The molecule has 2 heterocycles. The molecule has 6 nitrogen and oxygen atoms in total. The first-order valence-corrected chi connectivity index (χ1v) is 11.6. The van der Waals surface area contributed by atoms with Crippen LogP contribution in [0.5, 0.6) is 5.75 Å². The zero-order valence-electron chi connectivity index (χ0n) is 18.9. The Bertz CT molecular complexity index is 1690. The maximum atomic E-state index is 14.2. The van der Waals surface area contributed by atoms with Gasteiger partial charge in [-0.25, -0.2) is 9.37 Å². The van der Waals surface area contributed by atoms with E-state index in [0.717, 1.165) is 12.8 Å². The van der Waals surface area contributed by atoms with E-state index in [9.17, 15) is 27.5 Å². The Morgan fingerprint density at radius 2 is 1.86 bits per heavy atom. The van der Waals surface area contributed by atoms with Gasteiger partial charge in [-0.15, -0.1) is 0 Å². The number of benzene rings is 2. The molecule has 2 aliphatic carbocycles. The van der Waals surface area contributed by atoms with Crippen molar-refractivity contribution in [1.82, 2.24) is 14.7 Å². The van der Waals surface area contributed by atoms with Gasteiger partial charge >= 0.3 is 6.18 Å². The highest BCUT2D eigenvalue weighted by Crippen LogP contribution is 2.49. The van der Waals surface area contributed by atoms with Crippen LogP contribution in [-0.4, -0.2) is 19.8 Å². The molecule has 2 aromatic carbocycles. The Hall–Kier alpha value is -3.92. The second kappa shape index (κ2) is 8.04. The molecule has 2 aromatic heterocycles. The minimum Gasteiger partial charge on any atom is -0.506 e. The van der Waals surface area contributed by atoms with Gasteiger partial charge in [0.05, 0.1) is 22.8 Å². The topological polar surface area (TPSA) is 81.2 Å². The fraction of sp³-hybridized carbons (Fsp3) is 0.192. The van der Waals surface area contributed by atoms with E-state index in [4.69, 9.17) is 21.1 Å². The number of nitrogens with zero attached hydrogens (tertiary/aromatic N) is 3. The van der Waals surface area contributed by atoms with Crippen LogP contribution in [0.25, 0.3) is 28.1 Å². The zero-order chi connectivity index (χ0) is 26.2. The lowest BCUT2D eigenvalue weighted by Crippen LogP contribution is -2.26. The average Bonchev–Trinajstić information content (AvgIpc) is 3.50. The van der Waals surface area contributed by atoms with Gasteiger partial charge in [0.1, 0.15) is 17.4 Å². The van der Waals surface area contributed by atoms with E-state index in [1.807, 2.05) is 0 Å². The number of phenolic OH excluding ortho intramolecular Hbond substituents is 1. The lowest BCUT2D eigenvalue weighted by atomic mass is 10.0. The van der Waals surface area contributed by atoms with Crippen LogP contribution in [0.2, 0.25) is 5.02 Å². The van der Waals surface area contributed by atoms with Crippen LogP contribution >= 0.6 is 11.6 Å². The van der Waals surface area contributed by atoms with Crippen LogP contribution in [0.4, 0.5) is 17.6 Å². The predicted octanol–water partition coefficient (Wildman–Crippen LogP) is 6.38. The molecule has 2 aliphatic rings. The third-order valence-electron chi connectivity index (χ3n) is 6.59. The zero-order valence-corrected chi connectivity index (χ0v) is 19.6. The van der Waals surface area contributed by atoms with E-state index in [1.165, 1.54) is 28.8 Å². The summed E-state index contributed by atoms with van der Waals surface area (Å²) in [6.45, 7) is 3.58. The molecular formula is C26H16ClF4N3O3. The first kappa shape index (κ1) is 23.5. The number of aromatic hydroxyl groups is 1. The highest BCUT2D eigenvalue weighted by Gasteiger charge is 2.37. The van der Waals surface area contributed by atoms with Crippen molar-refractivity contribution in [3.8, 4) is 28.3 Å². The summed E-state index contributed by atoms with van der Waals surface area (Å²) in [7, 11) is 0. The minimum atomic E-state index is -4.73. The lowest BCUT2D eigenvalue weighted by Gasteiger charge is -2.16. The molecule has 0 spiro atoms. The van der Waals surface area contributed by atoms with Gasteiger partial charge in [0.25, 0.3) is 5.56 Å². The normalized spacial score (nSPS) is 14.7. The van der Waals surface area contributed by atoms with Gasteiger partial charge in [-0.05, 0) is 48.6 Å². The molecule has 0 radical (unpaired) electrons. The number of hydrogen-bond donors (Lipinski definition) is 1. The Kier molecular flexibility index (Phi) is 5.10. The van der Waals surface area contributed by atoms with E-state index < -0.39 is 29.8 Å². The second-order valence-electron chi connectivity index (χ2n) is 9.03. The molecule has 0 unspecified atom stereocenters. The van der Waals surface area contributed by atoms with Crippen molar-refractivity contribution >= 4 is 17.2 Å². The Morgan fingerprint density at radius 3 is 2.54 bits per heavy atom. The summed E-state index contributed by atoms with van der Waals surface area (Å²) < 4.78 is 59.6. The maximum Gasteiger partial charge on any atom is 0.436 e. The SMILES string of the molecule is C=C1c2nc(-c3ccc(F)cc3C3CC3)n(Cc3cc(C(F)(F)F)no3)c(=O)c2-c2ccc(Cl)c(O)c21. The molecule has 188 valence electrons. The third kappa shape index (κ3) is 3.74. The van der Waals surface area contributed by atoms with E-state index in [1.54, 1.807) is 6.07 Å². The summed E-state index contributed by atoms with van der Waals surface area (Å²) in [6.07, 6.45) is -3.07. The summed E-state index contributed by atoms with van der Waals surface area (Å²) in [5, 5.41) is 13.7. The number of aromatic nitrogens is 3. The van der Waals surface area contributed by atoms with Crippen molar-refractivity contribution in [2.45, 2.75) is 31.5 Å². The smallest absolute Gasteiger partial charge is 0.436 e. The molecule has 11 heteroatoms. The van der Waals surface area contributed by atoms with Crippen LogP contribution in [-0.2, 0) is 12.7 Å². The van der Waals surface area contributed by atoms with E-state index in [2.05, 4.69) is 11.7 Å². The van der Waals surface area contributed by atoms with Crippen molar-refractivity contribution in [2.75, 3.05) is 0 Å². The van der Waals surface area contributed by atoms with Gasteiger partial charge in [-0.2, -0.15) is 13.2 Å². The van der Waals surface area contributed by atoms with Crippen LogP contribution < -0.4 is 5.56 Å². The first-order chi connectivity index (χ1) is 17.5. The van der Waals surface area contributed by atoms with Crippen molar-refractivity contribution in [2.24, 2.45) is 0 Å². The summed E-state index contributed by atoms with van der Waals surface area (Å²) in [5.74, 6) is -0.768. The first-order valence-electron chi connectivity index (χ1n) is 11.2. The van der Waals surface area contributed by atoms with Crippen LogP contribution in [0.3, 0.4) is 0 Å². The minimum absolute atomic E-state index is 0.0594. The fourth-order valence-corrected chi connectivity index (χ4v) is 4.87. The molecular weight excluding hydrogens is 514 g/mol. The molecule has 1 N–H and O–H groups in total. The number of halogens is 5. The number of fused-ring (bicyclic) bond motifs is 3. The Labute approximate surface area is 211 Å². The number of alkyl halides is 3. The fourth-order valence-electron chi connectivity index (χ4n) is 4.71. The van der Waals surface area contributed by atoms with Gasteiger partial charge < -0.3 is 9.63 Å². The summed E-state index contributed by atoms with van der Waals surface area (Å²) in [5.41, 5.74) is 0.440. The van der Waals surface area contributed by atoms with Crippen LogP contribution in [0, 0.1) is 5.82 Å². The van der Waals surface area contributed by atoms with Crippen LogP contribution in [0.1, 0.15) is 47.0 Å². The largest absolute Gasteiger partial charge is 0.506 e. The monoisotopic (exact) mass is 529 g/mol. The van der Waals surface area contributed by atoms with Gasteiger partial charge in [-0.3, -0.25) is 9.36 Å². The molecule has 0 atom stereocenters. The standard InChI is InChI=1S/C26H16ClF4N3O3/c1-11-20-16(6-7-18(27)23(20)35)21-22(11)32-24(15-5-4-13(28)8-17(15)12-2-3-12)34(25(21)36)10-14-9-19(33-37-14)26(29,30)31/h4-9,12,35H,1-3,10H2. The summed E-state index contributed by atoms with van der Waals surface area (Å²) >= 11 is 6.08. The van der Waals surface area contributed by atoms with Gasteiger partial charge in [0.15, 0.2) is 11.5 Å². The van der Waals surface area contributed by atoms with E-state index in [0.29, 0.717) is 22.8 Å². The molecule has 0 aliphatic heterocycles. The summed E-state index contributed by atoms with van der Waals surface area (Å²) in [6, 6.07) is 7.79. The molecule has 37 heavy (non-hydrogen) atoms. The number of rotatable bonds is 4. The molecule has 6 rings (SSSR count). The van der Waals surface area contributed by atoms with Gasteiger partial charge in [0, 0.05) is 28.3 Å². The molecule has 0 amide bonds. The highest BCUT2D eigenvalue weighted by molar-refractivity contribution is 6.32. The molecule has 4 aromatic rings. The van der Waals surface area contributed by atoms with Crippen LogP contribution in [0.15, 0.2) is 52.3 Å². The quantitative estimate of drug-likeness (QED) is 0.273. The van der Waals surface area contributed by atoms with Crippen molar-refractivity contribution < 1.29 is 27.2 Å². The number of hydrogen-bond acceptors (Lipinski definition) is 5. The third-order valence-corrected chi connectivity index (χ3v) is 6.89. The predicted molar refractivity (Wildman–Crippen MR) is 127 cm³/mol. The number of phenols is 1. The molecule has 0 bridgehead atoms. The molecule has 1 saturated carbocycles. The van der Waals surface area contributed by atoms with Crippen molar-refractivity contribution in [1.29, 1.82) is 0 Å². The van der Waals surface area contributed by atoms with E-state index in [-0.39, 0.29) is 50.7 Å². The van der Waals surface area contributed by atoms with Gasteiger partial charge in [0.2, 0.25) is 0 Å². The van der Waals surface area contributed by atoms with E-state index >= 15 is 0 Å². The average molecular weight is 530 g/mol. The lowest BCUT2D eigenvalue weighted by molar-refractivity contribution is -0.142. The van der Waals surface area contributed by atoms with Crippen molar-refractivity contribution in [3.63, 3.8) is 0 Å².